The van der Waals surface area contributed by atoms with Gasteiger partial charge in [-0.25, -0.2) is 4.79 Å². The van der Waals surface area contributed by atoms with E-state index in [0.717, 1.165) is 11.1 Å². The van der Waals surface area contributed by atoms with Crippen molar-refractivity contribution >= 4 is 12.0 Å². The van der Waals surface area contributed by atoms with E-state index in [0.29, 0.717) is 25.4 Å². The molecule has 0 N–H and O–H groups in total. The van der Waals surface area contributed by atoms with E-state index in [4.69, 9.17) is 4.74 Å². The van der Waals surface area contributed by atoms with Crippen molar-refractivity contribution in [2.24, 2.45) is 0 Å². The van der Waals surface area contributed by atoms with Crippen molar-refractivity contribution in [3.05, 3.63) is 72.3 Å². The van der Waals surface area contributed by atoms with E-state index in [9.17, 15) is 4.79 Å². The summed E-state index contributed by atoms with van der Waals surface area (Å²) in [6, 6.07) is 19.3. The lowest BCUT2D eigenvalue weighted by atomic mass is 10.2. The smallest absolute Gasteiger partial charge is 0.330 e. The van der Waals surface area contributed by atoms with Gasteiger partial charge < -0.3 is 4.74 Å². The standard InChI is InChI=1S/C19H18N4O2/c24-18(13-12-16-8-3-1-4-9-16)25-15-7-14-23-21-19(20-22-23)17-10-5-2-6-11-17/h1-6,8-13H,7,14-15H2/b13-12+. The summed E-state index contributed by atoms with van der Waals surface area (Å²) in [5.41, 5.74) is 1.88. The number of aromatic nitrogens is 4. The van der Waals surface area contributed by atoms with E-state index in [2.05, 4.69) is 15.4 Å². The Kier molecular flexibility index (Phi) is 5.66. The second-order valence-electron chi connectivity index (χ2n) is 5.34. The second-order valence-corrected chi connectivity index (χ2v) is 5.34. The van der Waals surface area contributed by atoms with Crippen LogP contribution in [0.25, 0.3) is 17.5 Å². The highest BCUT2D eigenvalue weighted by atomic mass is 16.5. The summed E-state index contributed by atoms with van der Waals surface area (Å²) in [7, 11) is 0. The topological polar surface area (TPSA) is 69.9 Å². The molecule has 3 rings (SSSR count). The molecule has 0 saturated carbocycles. The molecule has 0 atom stereocenters. The third-order valence-corrected chi connectivity index (χ3v) is 3.44. The van der Waals surface area contributed by atoms with Gasteiger partial charge in [-0.1, -0.05) is 60.7 Å². The van der Waals surface area contributed by atoms with Crippen LogP contribution >= 0.6 is 0 Å². The molecule has 0 saturated heterocycles. The third-order valence-electron chi connectivity index (χ3n) is 3.44. The summed E-state index contributed by atoms with van der Waals surface area (Å²) in [4.78, 5) is 13.2. The largest absolute Gasteiger partial charge is 0.462 e. The number of rotatable bonds is 7. The fourth-order valence-electron chi connectivity index (χ4n) is 2.20. The van der Waals surface area contributed by atoms with E-state index in [1.54, 1.807) is 6.08 Å². The van der Waals surface area contributed by atoms with Gasteiger partial charge in [-0.15, -0.1) is 10.2 Å². The average Bonchev–Trinajstić information content (AvgIpc) is 3.14. The van der Waals surface area contributed by atoms with Crippen LogP contribution in [0.15, 0.2) is 66.7 Å². The number of tetrazole rings is 1. The fourth-order valence-corrected chi connectivity index (χ4v) is 2.20. The number of carbonyl (C=O) groups excluding carboxylic acids is 1. The molecule has 0 unspecified atom stereocenters. The summed E-state index contributed by atoms with van der Waals surface area (Å²) in [5.74, 6) is 0.226. The van der Waals surface area contributed by atoms with Crippen LogP contribution in [0.3, 0.4) is 0 Å². The van der Waals surface area contributed by atoms with Gasteiger partial charge in [0.25, 0.3) is 0 Å². The monoisotopic (exact) mass is 334 g/mol. The van der Waals surface area contributed by atoms with Crippen molar-refractivity contribution < 1.29 is 9.53 Å². The van der Waals surface area contributed by atoms with Crippen LogP contribution in [-0.2, 0) is 16.1 Å². The molecule has 0 aliphatic heterocycles. The molecular formula is C19H18N4O2. The first-order chi connectivity index (χ1) is 12.3. The molecule has 6 nitrogen and oxygen atoms in total. The lowest BCUT2D eigenvalue weighted by molar-refractivity contribution is -0.137. The minimum Gasteiger partial charge on any atom is -0.462 e. The Labute approximate surface area is 145 Å². The van der Waals surface area contributed by atoms with Gasteiger partial charge in [0.15, 0.2) is 0 Å². The predicted molar refractivity (Wildman–Crippen MR) is 94.3 cm³/mol. The highest BCUT2D eigenvalue weighted by Gasteiger charge is 2.05. The molecule has 0 aliphatic rings. The highest BCUT2D eigenvalue weighted by molar-refractivity contribution is 5.86. The van der Waals surface area contributed by atoms with Gasteiger partial charge in [-0.3, -0.25) is 0 Å². The second kappa shape index (κ2) is 8.54. The molecule has 0 aliphatic carbocycles. The van der Waals surface area contributed by atoms with Crippen molar-refractivity contribution in [3.63, 3.8) is 0 Å². The normalized spacial score (nSPS) is 10.9. The summed E-state index contributed by atoms with van der Waals surface area (Å²) in [5, 5.41) is 12.3. The van der Waals surface area contributed by atoms with Gasteiger partial charge in [0.2, 0.25) is 5.82 Å². The predicted octanol–water partition coefficient (Wildman–Crippen LogP) is 2.99. The first-order valence-electron chi connectivity index (χ1n) is 8.04. The van der Waals surface area contributed by atoms with E-state index in [1.165, 1.54) is 10.9 Å². The first-order valence-corrected chi connectivity index (χ1v) is 8.04. The molecule has 0 amide bonds. The van der Waals surface area contributed by atoms with Gasteiger partial charge in [-0.05, 0) is 16.9 Å². The number of benzene rings is 2. The number of hydrogen-bond acceptors (Lipinski definition) is 5. The van der Waals surface area contributed by atoms with Gasteiger partial charge in [0.1, 0.15) is 0 Å². The molecule has 126 valence electrons. The van der Waals surface area contributed by atoms with Crippen LogP contribution in [-0.4, -0.2) is 32.8 Å². The Balaban J connectivity index is 1.41. The van der Waals surface area contributed by atoms with Gasteiger partial charge in [-0.2, -0.15) is 4.80 Å². The van der Waals surface area contributed by atoms with Crippen molar-refractivity contribution in [2.45, 2.75) is 13.0 Å². The van der Waals surface area contributed by atoms with Crippen LogP contribution in [0.4, 0.5) is 0 Å². The molecule has 1 aromatic heterocycles. The maximum absolute atomic E-state index is 11.7. The molecule has 3 aromatic rings. The molecule has 2 aromatic carbocycles. The minimum atomic E-state index is -0.361. The van der Waals surface area contributed by atoms with Crippen LogP contribution in [0.5, 0.6) is 0 Å². The van der Waals surface area contributed by atoms with Crippen molar-refractivity contribution in [1.82, 2.24) is 20.2 Å². The molecule has 1 heterocycles. The third kappa shape index (κ3) is 5.10. The van der Waals surface area contributed by atoms with Crippen LogP contribution in [0.2, 0.25) is 0 Å². The van der Waals surface area contributed by atoms with Crippen molar-refractivity contribution in [2.75, 3.05) is 6.61 Å². The Hall–Kier alpha value is -3.28. The number of esters is 1. The van der Waals surface area contributed by atoms with Gasteiger partial charge in [0.05, 0.1) is 13.2 Å². The van der Waals surface area contributed by atoms with Crippen LogP contribution in [0.1, 0.15) is 12.0 Å². The van der Waals surface area contributed by atoms with E-state index in [-0.39, 0.29) is 5.97 Å². The number of ether oxygens (including phenoxy) is 1. The van der Waals surface area contributed by atoms with E-state index < -0.39 is 0 Å². The number of hydrogen-bond donors (Lipinski definition) is 0. The average molecular weight is 334 g/mol. The molecule has 0 spiro atoms. The number of carbonyl (C=O) groups is 1. The lowest BCUT2D eigenvalue weighted by Gasteiger charge is -2.01. The number of nitrogens with zero attached hydrogens (tertiary/aromatic N) is 4. The summed E-state index contributed by atoms with van der Waals surface area (Å²) in [6.07, 6.45) is 3.78. The van der Waals surface area contributed by atoms with E-state index >= 15 is 0 Å². The zero-order valence-electron chi connectivity index (χ0n) is 13.7. The highest BCUT2D eigenvalue weighted by Crippen LogP contribution is 2.11. The quantitative estimate of drug-likeness (QED) is 0.377. The number of aryl methyl sites for hydroxylation is 1. The summed E-state index contributed by atoms with van der Waals surface area (Å²) >= 11 is 0. The Morgan fingerprint density at radius 3 is 2.52 bits per heavy atom. The Morgan fingerprint density at radius 1 is 1.04 bits per heavy atom. The SMILES string of the molecule is O=C(/C=C/c1ccccc1)OCCCn1nnc(-c2ccccc2)n1. The fraction of sp³-hybridized carbons (Fsp3) is 0.158. The minimum absolute atomic E-state index is 0.306. The summed E-state index contributed by atoms with van der Waals surface area (Å²) < 4.78 is 5.16. The molecule has 25 heavy (non-hydrogen) atoms. The first kappa shape index (κ1) is 16.6. The zero-order chi connectivity index (χ0) is 17.3. The van der Waals surface area contributed by atoms with Gasteiger partial charge in [0, 0.05) is 18.1 Å². The van der Waals surface area contributed by atoms with Crippen LogP contribution in [0, 0.1) is 0 Å². The maximum Gasteiger partial charge on any atom is 0.330 e. The molecule has 0 fully saturated rings. The zero-order valence-corrected chi connectivity index (χ0v) is 13.7. The Morgan fingerprint density at radius 2 is 1.76 bits per heavy atom. The molecule has 0 bridgehead atoms. The van der Waals surface area contributed by atoms with Gasteiger partial charge >= 0.3 is 5.97 Å². The molecule has 6 heteroatoms. The molecular weight excluding hydrogens is 316 g/mol. The van der Waals surface area contributed by atoms with Crippen LogP contribution < -0.4 is 0 Å². The Bertz CT molecular complexity index is 829. The lowest BCUT2D eigenvalue weighted by Crippen LogP contribution is -2.08. The van der Waals surface area contributed by atoms with E-state index in [1.807, 2.05) is 60.7 Å². The maximum atomic E-state index is 11.7. The molecule has 0 radical (unpaired) electrons. The summed E-state index contributed by atoms with van der Waals surface area (Å²) in [6.45, 7) is 0.843. The van der Waals surface area contributed by atoms with Crippen molar-refractivity contribution in [3.8, 4) is 11.4 Å². The van der Waals surface area contributed by atoms with Crippen molar-refractivity contribution in [1.29, 1.82) is 0 Å².